The molecule has 29 heavy (non-hydrogen) atoms. The van der Waals surface area contributed by atoms with Crippen LogP contribution in [0.5, 0.6) is 0 Å². The summed E-state index contributed by atoms with van der Waals surface area (Å²) in [5.74, 6) is 0.558. The van der Waals surface area contributed by atoms with Crippen molar-refractivity contribution >= 4 is 28.5 Å². The smallest absolute Gasteiger partial charge is 0.366 e. The molecule has 0 bridgehead atoms. The van der Waals surface area contributed by atoms with E-state index in [1.54, 1.807) is 24.5 Å². The maximum Gasteiger partial charge on any atom is 0.417 e. The summed E-state index contributed by atoms with van der Waals surface area (Å²) in [5, 5.41) is 3.79. The molecule has 0 radical (unpaired) electrons. The molecule has 4 aromatic rings. The summed E-state index contributed by atoms with van der Waals surface area (Å²) in [6, 6.07) is 11.5. The van der Waals surface area contributed by atoms with Crippen molar-refractivity contribution in [2.45, 2.75) is 19.1 Å². The zero-order valence-electron chi connectivity index (χ0n) is 15.1. The van der Waals surface area contributed by atoms with Crippen molar-refractivity contribution in [2.24, 2.45) is 0 Å². The molecule has 8 heteroatoms. The van der Waals surface area contributed by atoms with Crippen LogP contribution in [0.1, 0.15) is 22.3 Å². The van der Waals surface area contributed by atoms with Gasteiger partial charge in [0.2, 0.25) is 0 Å². The number of aromatic nitrogens is 3. The van der Waals surface area contributed by atoms with E-state index >= 15 is 0 Å². The van der Waals surface area contributed by atoms with E-state index < -0.39 is 11.7 Å². The fourth-order valence-corrected chi connectivity index (χ4v) is 3.43. The lowest BCUT2D eigenvalue weighted by Gasteiger charge is -2.13. The lowest BCUT2D eigenvalue weighted by atomic mass is 10.1. The molecule has 2 N–H and O–H groups in total. The van der Waals surface area contributed by atoms with E-state index in [1.807, 2.05) is 24.4 Å². The third kappa shape index (κ3) is 4.19. The molecule has 0 atom stereocenters. The van der Waals surface area contributed by atoms with Crippen LogP contribution in [0.2, 0.25) is 5.02 Å². The predicted octanol–water partition coefficient (Wildman–Crippen LogP) is 5.83. The van der Waals surface area contributed by atoms with E-state index in [4.69, 9.17) is 11.6 Å². The summed E-state index contributed by atoms with van der Waals surface area (Å²) in [5.41, 5.74) is 2.49. The predicted molar refractivity (Wildman–Crippen MR) is 107 cm³/mol. The van der Waals surface area contributed by atoms with Gasteiger partial charge in [-0.1, -0.05) is 29.8 Å². The monoisotopic (exact) mass is 416 g/mol. The van der Waals surface area contributed by atoms with Gasteiger partial charge in [-0.25, -0.2) is 9.97 Å². The van der Waals surface area contributed by atoms with Crippen LogP contribution in [0, 0.1) is 0 Å². The summed E-state index contributed by atoms with van der Waals surface area (Å²) >= 11 is 5.92. The van der Waals surface area contributed by atoms with E-state index in [0.29, 0.717) is 17.8 Å². The number of fused-ring (bicyclic) bond motifs is 1. The van der Waals surface area contributed by atoms with E-state index in [2.05, 4.69) is 20.3 Å². The van der Waals surface area contributed by atoms with Gasteiger partial charge in [-0.2, -0.15) is 13.2 Å². The lowest BCUT2D eigenvalue weighted by Crippen LogP contribution is -2.09. The van der Waals surface area contributed by atoms with E-state index in [1.165, 1.54) is 6.07 Å². The second-order valence-corrected chi connectivity index (χ2v) is 6.95. The highest BCUT2D eigenvalue weighted by Gasteiger charge is 2.33. The Labute approximate surface area is 169 Å². The minimum Gasteiger partial charge on any atom is -0.366 e. The molecule has 4 nitrogen and oxygen atoms in total. The first-order valence-electron chi connectivity index (χ1n) is 8.86. The van der Waals surface area contributed by atoms with Gasteiger partial charge < -0.3 is 10.3 Å². The average Bonchev–Trinajstić information content (AvgIpc) is 3.10. The van der Waals surface area contributed by atoms with Crippen molar-refractivity contribution in [1.29, 1.82) is 0 Å². The number of hydrogen-bond acceptors (Lipinski definition) is 3. The molecule has 3 aromatic heterocycles. The molecule has 3 heterocycles. The number of nitrogens with zero attached hydrogens (tertiary/aromatic N) is 2. The Kier molecular flexibility index (Phi) is 5.15. The van der Waals surface area contributed by atoms with Gasteiger partial charge >= 0.3 is 6.18 Å². The van der Waals surface area contributed by atoms with Gasteiger partial charge in [0.05, 0.1) is 10.6 Å². The standard InChI is InChI=1S/C21H16ClF3N4/c22-19-14(3-1-5-17(19)21(23,24)25)11-28-18-7-6-13(10-27-18)9-15-12-29-20-16(15)4-2-8-26-20/h1-8,10,12H,9,11H2,(H,26,29)(H,27,28). The fourth-order valence-electron chi connectivity index (χ4n) is 3.13. The summed E-state index contributed by atoms with van der Waals surface area (Å²) < 4.78 is 38.9. The summed E-state index contributed by atoms with van der Waals surface area (Å²) in [6.07, 6.45) is 1.62. The van der Waals surface area contributed by atoms with Gasteiger partial charge in [-0.05, 0) is 41.0 Å². The number of anilines is 1. The van der Waals surface area contributed by atoms with Crippen molar-refractivity contribution in [3.63, 3.8) is 0 Å². The van der Waals surface area contributed by atoms with Crippen molar-refractivity contribution in [1.82, 2.24) is 15.0 Å². The number of benzene rings is 1. The van der Waals surface area contributed by atoms with Gasteiger partial charge in [-0.15, -0.1) is 0 Å². The number of nitrogens with one attached hydrogen (secondary N) is 2. The quantitative estimate of drug-likeness (QED) is 0.430. The number of halogens is 4. The van der Waals surface area contributed by atoms with E-state index in [-0.39, 0.29) is 11.6 Å². The highest BCUT2D eigenvalue weighted by atomic mass is 35.5. The molecule has 0 spiro atoms. The topological polar surface area (TPSA) is 53.6 Å². The number of H-pyrrole nitrogens is 1. The summed E-state index contributed by atoms with van der Waals surface area (Å²) in [6.45, 7) is 0.142. The second kappa shape index (κ2) is 7.75. The first kappa shape index (κ1) is 19.3. The van der Waals surface area contributed by atoms with E-state index in [9.17, 15) is 13.2 Å². The van der Waals surface area contributed by atoms with Gasteiger partial charge in [-0.3, -0.25) is 0 Å². The Balaban J connectivity index is 1.44. The highest BCUT2D eigenvalue weighted by molar-refractivity contribution is 6.32. The van der Waals surface area contributed by atoms with Gasteiger partial charge in [0.15, 0.2) is 0 Å². The zero-order chi connectivity index (χ0) is 20.4. The Bertz CT molecular complexity index is 1140. The number of hydrogen-bond donors (Lipinski definition) is 2. The highest BCUT2D eigenvalue weighted by Crippen LogP contribution is 2.36. The molecule has 0 amide bonds. The van der Waals surface area contributed by atoms with Crippen LogP contribution >= 0.6 is 11.6 Å². The largest absolute Gasteiger partial charge is 0.417 e. The van der Waals surface area contributed by atoms with Crippen LogP contribution in [-0.2, 0) is 19.1 Å². The minimum atomic E-state index is -4.48. The maximum absolute atomic E-state index is 13.0. The molecule has 0 saturated carbocycles. The van der Waals surface area contributed by atoms with Crippen molar-refractivity contribution in [2.75, 3.05) is 5.32 Å². The SMILES string of the molecule is FC(F)(F)c1cccc(CNc2ccc(Cc3c[nH]c4ncccc34)cn2)c1Cl. The molecule has 0 aliphatic carbocycles. The molecule has 148 valence electrons. The molecule has 0 unspecified atom stereocenters. The van der Waals surface area contributed by atoms with Gasteiger partial charge in [0, 0.05) is 36.9 Å². The van der Waals surface area contributed by atoms with Gasteiger partial charge in [0.1, 0.15) is 11.5 Å². The third-order valence-electron chi connectivity index (χ3n) is 4.60. The first-order chi connectivity index (χ1) is 13.9. The van der Waals surface area contributed by atoms with Crippen LogP contribution in [-0.4, -0.2) is 15.0 Å². The number of pyridine rings is 2. The minimum absolute atomic E-state index is 0.142. The normalized spacial score (nSPS) is 11.7. The van der Waals surface area contributed by atoms with Crippen LogP contribution in [0.4, 0.5) is 19.0 Å². The molecule has 0 saturated heterocycles. The third-order valence-corrected chi connectivity index (χ3v) is 5.05. The molecule has 0 fully saturated rings. The fraction of sp³-hybridized carbons (Fsp3) is 0.143. The second-order valence-electron chi connectivity index (χ2n) is 6.57. The Hall–Kier alpha value is -3.06. The summed E-state index contributed by atoms with van der Waals surface area (Å²) in [4.78, 5) is 11.8. The van der Waals surface area contributed by atoms with Crippen LogP contribution in [0.3, 0.4) is 0 Å². The van der Waals surface area contributed by atoms with Crippen molar-refractivity contribution in [3.05, 3.63) is 88.3 Å². The summed E-state index contributed by atoms with van der Waals surface area (Å²) in [7, 11) is 0. The van der Waals surface area contributed by atoms with Crippen molar-refractivity contribution in [3.8, 4) is 0 Å². The molecule has 1 aromatic carbocycles. The lowest BCUT2D eigenvalue weighted by molar-refractivity contribution is -0.137. The maximum atomic E-state index is 13.0. The number of aromatic amines is 1. The van der Waals surface area contributed by atoms with Crippen LogP contribution in [0.15, 0.2) is 61.1 Å². The molecule has 0 aliphatic heterocycles. The molecule has 4 rings (SSSR count). The first-order valence-corrected chi connectivity index (χ1v) is 9.24. The van der Waals surface area contributed by atoms with Crippen LogP contribution < -0.4 is 5.32 Å². The number of rotatable bonds is 5. The van der Waals surface area contributed by atoms with Crippen LogP contribution in [0.25, 0.3) is 11.0 Å². The molecular formula is C21H16ClF3N4. The van der Waals surface area contributed by atoms with Gasteiger partial charge in [0.25, 0.3) is 0 Å². The zero-order valence-corrected chi connectivity index (χ0v) is 15.8. The molecule has 0 aliphatic rings. The van der Waals surface area contributed by atoms with E-state index in [0.717, 1.165) is 28.2 Å². The number of alkyl halides is 3. The Morgan fingerprint density at radius 2 is 1.86 bits per heavy atom. The Morgan fingerprint density at radius 3 is 2.62 bits per heavy atom. The molecular weight excluding hydrogens is 401 g/mol. The van der Waals surface area contributed by atoms with Crippen molar-refractivity contribution < 1.29 is 13.2 Å². The average molecular weight is 417 g/mol. The Morgan fingerprint density at radius 1 is 1.00 bits per heavy atom.